The maximum Gasteiger partial charge on any atom is 0.0941 e. The van der Waals surface area contributed by atoms with E-state index in [0.717, 1.165) is 24.0 Å². The second kappa shape index (κ2) is 5.89. The van der Waals surface area contributed by atoms with Crippen molar-refractivity contribution >= 4 is 22.9 Å². The molecule has 2 aliphatic rings. The molecule has 0 unspecified atom stereocenters. The van der Waals surface area contributed by atoms with E-state index in [-0.39, 0.29) is 0 Å². The number of hydrogen-bond acceptors (Lipinski definition) is 3. The molecule has 4 heteroatoms. The van der Waals surface area contributed by atoms with Crippen molar-refractivity contribution in [1.82, 2.24) is 9.88 Å². The molecule has 2 saturated carbocycles. The van der Waals surface area contributed by atoms with E-state index in [9.17, 15) is 0 Å². The van der Waals surface area contributed by atoms with E-state index in [1.807, 2.05) is 0 Å². The van der Waals surface area contributed by atoms with E-state index in [2.05, 4.69) is 15.3 Å². The van der Waals surface area contributed by atoms with Crippen LogP contribution in [0.1, 0.15) is 36.4 Å². The fourth-order valence-electron chi connectivity index (χ4n) is 2.37. The summed E-state index contributed by atoms with van der Waals surface area (Å²) in [5.41, 5.74) is 1.03. The van der Waals surface area contributed by atoms with Gasteiger partial charge < -0.3 is 4.90 Å². The molecule has 0 bridgehead atoms. The van der Waals surface area contributed by atoms with Crippen molar-refractivity contribution < 1.29 is 0 Å². The zero-order valence-electron chi connectivity index (χ0n) is 10.8. The van der Waals surface area contributed by atoms with Gasteiger partial charge in [-0.25, -0.2) is 4.98 Å². The fourth-order valence-corrected chi connectivity index (χ4v) is 3.38. The summed E-state index contributed by atoms with van der Waals surface area (Å²) < 4.78 is 0. The molecule has 2 nitrogen and oxygen atoms in total. The lowest BCUT2D eigenvalue weighted by Gasteiger charge is -2.21. The molecule has 0 radical (unpaired) electrons. The summed E-state index contributed by atoms with van der Waals surface area (Å²) in [6, 6.07) is 0. The number of thiazole rings is 1. The molecule has 0 saturated heterocycles. The number of alkyl halides is 1. The van der Waals surface area contributed by atoms with Gasteiger partial charge in [0.15, 0.2) is 0 Å². The van der Waals surface area contributed by atoms with Crippen molar-refractivity contribution in [3.05, 3.63) is 16.1 Å². The second-order valence-corrected chi connectivity index (χ2v) is 6.97. The van der Waals surface area contributed by atoms with Crippen LogP contribution in [0.4, 0.5) is 0 Å². The summed E-state index contributed by atoms with van der Waals surface area (Å²) in [5, 5.41) is 3.34. The summed E-state index contributed by atoms with van der Waals surface area (Å²) in [4.78, 5) is 7.23. The second-order valence-electron chi connectivity index (χ2n) is 5.76. The van der Waals surface area contributed by atoms with Crippen molar-refractivity contribution in [2.24, 2.45) is 11.8 Å². The van der Waals surface area contributed by atoms with E-state index < -0.39 is 0 Å². The standard InChI is InChI=1S/C14H21ClN2S/c15-7-13-10-18-14(16-13)5-6-17(8-11-1-2-11)9-12-3-4-12/h10-12H,1-9H2. The van der Waals surface area contributed by atoms with E-state index in [4.69, 9.17) is 11.6 Å². The molecule has 0 aliphatic heterocycles. The largest absolute Gasteiger partial charge is 0.302 e. The van der Waals surface area contributed by atoms with Crippen molar-refractivity contribution in [3.8, 4) is 0 Å². The van der Waals surface area contributed by atoms with Crippen molar-refractivity contribution in [3.63, 3.8) is 0 Å². The minimum absolute atomic E-state index is 0.546. The van der Waals surface area contributed by atoms with Crippen LogP contribution in [0, 0.1) is 11.8 Å². The van der Waals surface area contributed by atoms with Gasteiger partial charge in [-0.3, -0.25) is 0 Å². The Kier molecular flexibility index (Phi) is 4.22. The quantitative estimate of drug-likeness (QED) is 0.679. The number of halogens is 1. The smallest absolute Gasteiger partial charge is 0.0941 e. The first kappa shape index (κ1) is 12.9. The molecule has 18 heavy (non-hydrogen) atoms. The van der Waals surface area contributed by atoms with Crippen molar-refractivity contribution in [2.75, 3.05) is 19.6 Å². The third kappa shape index (κ3) is 3.94. The van der Waals surface area contributed by atoms with Crippen LogP contribution >= 0.6 is 22.9 Å². The first-order chi connectivity index (χ1) is 8.83. The van der Waals surface area contributed by atoms with Gasteiger partial charge in [0.05, 0.1) is 16.6 Å². The molecule has 0 spiro atoms. The van der Waals surface area contributed by atoms with E-state index in [1.54, 1.807) is 11.3 Å². The lowest BCUT2D eigenvalue weighted by Crippen LogP contribution is -2.30. The number of hydrogen-bond donors (Lipinski definition) is 0. The van der Waals surface area contributed by atoms with Gasteiger partial charge in [-0.15, -0.1) is 22.9 Å². The van der Waals surface area contributed by atoms with Crippen LogP contribution < -0.4 is 0 Å². The van der Waals surface area contributed by atoms with E-state index in [1.165, 1.54) is 50.3 Å². The van der Waals surface area contributed by atoms with Gasteiger partial charge in [0.25, 0.3) is 0 Å². The molecule has 1 heterocycles. The maximum atomic E-state index is 5.79. The SMILES string of the molecule is ClCc1csc(CCN(CC2CC2)CC2CC2)n1. The first-order valence-electron chi connectivity index (χ1n) is 7.05. The van der Waals surface area contributed by atoms with Gasteiger partial charge in [0.1, 0.15) is 0 Å². The van der Waals surface area contributed by atoms with Crippen LogP contribution in [-0.4, -0.2) is 29.5 Å². The zero-order valence-corrected chi connectivity index (χ0v) is 12.3. The highest BCUT2D eigenvalue weighted by Crippen LogP contribution is 2.33. The van der Waals surface area contributed by atoms with Crippen LogP contribution in [0.3, 0.4) is 0 Å². The first-order valence-corrected chi connectivity index (χ1v) is 8.46. The number of nitrogens with zero attached hydrogens (tertiary/aromatic N) is 2. The topological polar surface area (TPSA) is 16.1 Å². The molecular weight excluding hydrogens is 264 g/mol. The number of rotatable bonds is 8. The molecule has 2 aliphatic carbocycles. The van der Waals surface area contributed by atoms with Crippen LogP contribution in [0.2, 0.25) is 0 Å². The maximum absolute atomic E-state index is 5.79. The average Bonchev–Trinajstić information content (AvgIpc) is 3.29. The fraction of sp³-hybridized carbons (Fsp3) is 0.786. The molecule has 3 rings (SSSR count). The van der Waals surface area contributed by atoms with Gasteiger partial charge >= 0.3 is 0 Å². The molecule has 0 N–H and O–H groups in total. The van der Waals surface area contributed by atoms with Crippen LogP contribution in [0.15, 0.2) is 5.38 Å². The Labute approximate surface area is 118 Å². The molecule has 0 amide bonds. The van der Waals surface area contributed by atoms with Crippen molar-refractivity contribution in [2.45, 2.75) is 38.0 Å². The van der Waals surface area contributed by atoms with E-state index in [0.29, 0.717) is 5.88 Å². The van der Waals surface area contributed by atoms with Gasteiger partial charge in [0.2, 0.25) is 0 Å². The Bertz CT molecular complexity index is 371. The molecule has 0 atom stereocenters. The van der Waals surface area contributed by atoms with Crippen molar-refractivity contribution in [1.29, 1.82) is 0 Å². The highest BCUT2D eigenvalue weighted by Gasteiger charge is 2.28. The van der Waals surface area contributed by atoms with E-state index >= 15 is 0 Å². The lowest BCUT2D eigenvalue weighted by molar-refractivity contribution is 0.255. The Morgan fingerprint density at radius 1 is 1.22 bits per heavy atom. The Morgan fingerprint density at radius 3 is 2.39 bits per heavy atom. The molecule has 100 valence electrons. The number of aromatic nitrogens is 1. The van der Waals surface area contributed by atoms with Gasteiger partial charge in [-0.1, -0.05) is 0 Å². The van der Waals surface area contributed by atoms with Crippen LogP contribution in [-0.2, 0) is 12.3 Å². The monoisotopic (exact) mass is 284 g/mol. The van der Waals surface area contributed by atoms with Gasteiger partial charge in [0, 0.05) is 31.4 Å². The molecule has 1 aromatic heterocycles. The third-order valence-electron chi connectivity index (χ3n) is 3.80. The Morgan fingerprint density at radius 2 is 1.89 bits per heavy atom. The summed E-state index contributed by atoms with van der Waals surface area (Å²) in [6.45, 7) is 3.83. The molecular formula is C14H21ClN2S. The lowest BCUT2D eigenvalue weighted by atomic mass is 10.3. The summed E-state index contributed by atoms with van der Waals surface area (Å²) in [5.74, 6) is 2.54. The van der Waals surface area contributed by atoms with Crippen LogP contribution in [0.25, 0.3) is 0 Å². The minimum atomic E-state index is 0.546. The third-order valence-corrected chi connectivity index (χ3v) is 5.04. The predicted molar refractivity (Wildman–Crippen MR) is 77.3 cm³/mol. The summed E-state index contributed by atoms with van der Waals surface area (Å²) >= 11 is 7.55. The highest BCUT2D eigenvalue weighted by atomic mass is 35.5. The summed E-state index contributed by atoms with van der Waals surface area (Å²) in [6.07, 6.45) is 6.91. The average molecular weight is 285 g/mol. The predicted octanol–water partition coefficient (Wildman–Crippen LogP) is 3.55. The molecule has 1 aromatic rings. The Balaban J connectivity index is 1.47. The van der Waals surface area contributed by atoms with Crippen LogP contribution in [0.5, 0.6) is 0 Å². The Hall–Kier alpha value is -0.120. The molecule has 0 aromatic carbocycles. The van der Waals surface area contributed by atoms with Gasteiger partial charge in [-0.05, 0) is 37.5 Å². The minimum Gasteiger partial charge on any atom is -0.302 e. The normalized spacial score (nSPS) is 19.7. The summed E-state index contributed by atoms with van der Waals surface area (Å²) in [7, 11) is 0. The molecule has 2 fully saturated rings. The zero-order chi connectivity index (χ0) is 12.4. The highest BCUT2D eigenvalue weighted by molar-refractivity contribution is 7.09. The van der Waals surface area contributed by atoms with Gasteiger partial charge in [-0.2, -0.15) is 0 Å².